The Bertz CT molecular complexity index is 1160. The topological polar surface area (TPSA) is 127 Å². The lowest BCUT2D eigenvalue weighted by atomic mass is 10.0. The van der Waals surface area contributed by atoms with Crippen LogP contribution in [-0.2, 0) is 30.4 Å². The lowest BCUT2D eigenvalue weighted by molar-refractivity contribution is -0.157. The second-order valence-corrected chi connectivity index (χ2v) is 13.1. The van der Waals surface area contributed by atoms with Gasteiger partial charge in [0.2, 0.25) is 0 Å². The third-order valence-electron chi connectivity index (χ3n) is 6.20. The van der Waals surface area contributed by atoms with Gasteiger partial charge in [0, 0.05) is 24.1 Å². The van der Waals surface area contributed by atoms with E-state index < -0.39 is 35.3 Å². The van der Waals surface area contributed by atoms with Gasteiger partial charge in [0.15, 0.2) is 0 Å². The maximum atomic E-state index is 13.7. The minimum Gasteiger partial charge on any atom is -0.456 e. The number of ketones is 1. The fraction of sp³-hybridized carbons (Fsp3) is 0.643. The number of nitrogens with one attached hydrogen (secondary N) is 1. The summed E-state index contributed by atoms with van der Waals surface area (Å²) < 4.78 is 11.0. The minimum atomic E-state index is -1.04. The van der Waals surface area contributed by atoms with Gasteiger partial charge >= 0.3 is 12.1 Å². The number of hydrogen-bond donors (Lipinski definition) is 1. The van der Waals surface area contributed by atoms with Crippen molar-refractivity contribution in [3.63, 3.8) is 0 Å². The number of carbonyl (C=O) groups excluding carboxylic acids is 4. The number of ether oxygens (including phenoxy) is 2. The fourth-order valence-corrected chi connectivity index (χ4v) is 6.25. The first-order valence-corrected chi connectivity index (χ1v) is 15.5. The number of likely N-dealkylation sites (tertiary alicyclic amines) is 1. The van der Waals surface area contributed by atoms with Gasteiger partial charge in [-0.05, 0) is 60.0 Å². The molecule has 1 N–H and O–H groups in total. The van der Waals surface area contributed by atoms with Gasteiger partial charge in [0.1, 0.15) is 44.8 Å². The van der Waals surface area contributed by atoms with E-state index >= 15 is 0 Å². The molecule has 12 heteroatoms. The lowest BCUT2D eigenvalue weighted by Gasteiger charge is -2.30. The van der Waals surface area contributed by atoms with Crippen molar-refractivity contribution in [2.75, 3.05) is 12.3 Å². The maximum Gasteiger partial charge on any atom is 0.408 e. The van der Waals surface area contributed by atoms with E-state index in [0.717, 1.165) is 12.8 Å². The highest BCUT2D eigenvalue weighted by molar-refractivity contribution is 8.14. The first-order chi connectivity index (χ1) is 18.8. The van der Waals surface area contributed by atoms with E-state index in [0.29, 0.717) is 40.9 Å². The standard InChI is InChI=1S/C28H40N4O6S2/c1-7-8-9-11-19(14-18(2)33)37-24(34)21-12-10-13-32(21)25(35)28(6)17-40-23(31-28)20-16-39-22(30-20)15-29-26(36)38-27(3,4)5/h9,11,16,19,21H,7-8,10,12-15,17H2,1-6H3,(H,29,36)/b11-9+/t19?,21-,28-/m0/s1. The molecule has 0 bridgehead atoms. The van der Waals surface area contributed by atoms with Crippen molar-refractivity contribution in [3.8, 4) is 0 Å². The Morgan fingerprint density at radius 3 is 2.73 bits per heavy atom. The number of thiazole rings is 1. The molecule has 0 aliphatic carbocycles. The van der Waals surface area contributed by atoms with Crippen molar-refractivity contribution in [2.45, 2.75) is 103 Å². The zero-order chi connectivity index (χ0) is 29.5. The van der Waals surface area contributed by atoms with Crippen LogP contribution in [0.5, 0.6) is 0 Å². The van der Waals surface area contributed by atoms with E-state index in [-0.39, 0.29) is 24.7 Å². The summed E-state index contributed by atoms with van der Waals surface area (Å²) in [5.41, 5.74) is -0.977. The number of thioether (sulfide) groups is 1. The van der Waals surface area contributed by atoms with Gasteiger partial charge in [0.05, 0.1) is 6.54 Å². The van der Waals surface area contributed by atoms with E-state index in [9.17, 15) is 19.2 Å². The minimum absolute atomic E-state index is 0.0681. The molecule has 0 radical (unpaired) electrons. The first kappa shape index (κ1) is 31.8. The van der Waals surface area contributed by atoms with Gasteiger partial charge in [0.25, 0.3) is 5.91 Å². The molecule has 0 spiro atoms. The molecule has 1 aromatic heterocycles. The second-order valence-electron chi connectivity index (χ2n) is 11.2. The van der Waals surface area contributed by atoms with Crippen molar-refractivity contribution in [1.29, 1.82) is 0 Å². The van der Waals surface area contributed by atoms with Crippen molar-refractivity contribution < 1.29 is 28.7 Å². The zero-order valence-corrected chi connectivity index (χ0v) is 25.8. The van der Waals surface area contributed by atoms with Crippen molar-refractivity contribution in [1.82, 2.24) is 15.2 Å². The highest BCUT2D eigenvalue weighted by Crippen LogP contribution is 2.35. The molecule has 1 saturated heterocycles. The number of Topliss-reactive ketones (excluding diaryl/α,β-unsaturated/α-hetero) is 1. The highest BCUT2D eigenvalue weighted by atomic mass is 32.2. The molecule has 2 amide bonds. The van der Waals surface area contributed by atoms with Gasteiger partial charge in [-0.2, -0.15) is 0 Å². The fourth-order valence-electron chi connectivity index (χ4n) is 4.33. The monoisotopic (exact) mass is 592 g/mol. The van der Waals surface area contributed by atoms with E-state index in [1.165, 1.54) is 30.0 Å². The Morgan fingerprint density at radius 2 is 2.05 bits per heavy atom. The third kappa shape index (κ3) is 8.89. The Morgan fingerprint density at radius 1 is 1.30 bits per heavy atom. The number of amides is 2. The van der Waals surface area contributed by atoms with Crippen molar-refractivity contribution in [3.05, 3.63) is 28.2 Å². The molecule has 1 fully saturated rings. The van der Waals surface area contributed by atoms with Crippen molar-refractivity contribution in [2.24, 2.45) is 4.99 Å². The first-order valence-electron chi connectivity index (χ1n) is 13.6. The van der Waals surface area contributed by atoms with Gasteiger partial charge < -0.3 is 19.7 Å². The van der Waals surface area contributed by atoms with Gasteiger partial charge in [-0.15, -0.1) is 23.1 Å². The Hall–Kier alpha value is -2.73. The van der Waals surface area contributed by atoms with Crippen LogP contribution < -0.4 is 5.32 Å². The van der Waals surface area contributed by atoms with Crippen LogP contribution in [-0.4, -0.2) is 74.3 Å². The molecule has 3 heterocycles. The molecule has 3 atom stereocenters. The second kappa shape index (κ2) is 13.8. The number of esters is 1. The van der Waals surface area contributed by atoms with Crippen molar-refractivity contribution >= 4 is 51.9 Å². The summed E-state index contributed by atoms with van der Waals surface area (Å²) in [5, 5.41) is 5.89. The van der Waals surface area contributed by atoms with Crippen LogP contribution in [0.1, 0.15) is 84.3 Å². The summed E-state index contributed by atoms with van der Waals surface area (Å²) in [7, 11) is 0. The quantitative estimate of drug-likeness (QED) is 0.290. The number of aromatic nitrogens is 1. The molecule has 0 aromatic carbocycles. The number of hydrogen-bond acceptors (Lipinski definition) is 10. The normalized spacial score (nSPS) is 21.8. The Kier molecular flexibility index (Phi) is 10.9. The molecule has 10 nitrogen and oxygen atoms in total. The number of unbranched alkanes of at least 4 members (excludes halogenated alkanes) is 1. The largest absolute Gasteiger partial charge is 0.456 e. The number of carbonyl (C=O) groups is 4. The van der Waals surface area contributed by atoms with Crippen LogP contribution in [0.3, 0.4) is 0 Å². The van der Waals surface area contributed by atoms with Gasteiger partial charge in [-0.1, -0.05) is 19.4 Å². The third-order valence-corrected chi connectivity index (χ3v) is 8.33. The lowest BCUT2D eigenvalue weighted by Crippen LogP contribution is -2.51. The Balaban J connectivity index is 1.65. The molecule has 2 aliphatic heterocycles. The summed E-state index contributed by atoms with van der Waals surface area (Å²) in [5.74, 6) is -0.351. The van der Waals surface area contributed by atoms with E-state index in [1.54, 1.807) is 38.7 Å². The summed E-state index contributed by atoms with van der Waals surface area (Å²) in [6, 6.07) is -0.701. The average molecular weight is 593 g/mol. The zero-order valence-electron chi connectivity index (χ0n) is 24.2. The van der Waals surface area contributed by atoms with Crippen LogP contribution in [0, 0.1) is 0 Å². The van der Waals surface area contributed by atoms with Crippen LogP contribution in [0.15, 0.2) is 22.5 Å². The molecule has 2 aliphatic rings. The van der Waals surface area contributed by atoms with Crippen LogP contribution >= 0.6 is 23.1 Å². The van der Waals surface area contributed by atoms with Gasteiger partial charge in [-0.25, -0.2) is 14.6 Å². The van der Waals surface area contributed by atoms with Crippen LogP contribution in [0.25, 0.3) is 0 Å². The van der Waals surface area contributed by atoms with E-state index in [2.05, 4.69) is 10.3 Å². The number of allylic oxidation sites excluding steroid dienone is 1. The number of rotatable bonds is 11. The van der Waals surface area contributed by atoms with Gasteiger partial charge in [-0.3, -0.25) is 14.6 Å². The van der Waals surface area contributed by atoms with Crippen LogP contribution in [0.4, 0.5) is 4.79 Å². The molecular formula is C28H40N4O6S2. The molecule has 1 aromatic rings. The predicted octanol–water partition coefficient (Wildman–Crippen LogP) is 4.66. The Labute approximate surface area is 244 Å². The maximum absolute atomic E-state index is 13.7. The number of aliphatic imine (C=N–C) groups is 1. The molecule has 220 valence electrons. The smallest absolute Gasteiger partial charge is 0.408 e. The summed E-state index contributed by atoms with van der Waals surface area (Å²) in [6.45, 7) is 11.4. The molecular weight excluding hydrogens is 552 g/mol. The number of nitrogens with zero attached hydrogens (tertiary/aromatic N) is 3. The summed E-state index contributed by atoms with van der Waals surface area (Å²) in [4.78, 5) is 61.4. The SMILES string of the molecule is CCC/C=C/C(CC(C)=O)OC(=O)[C@@H]1CCCN1C(=O)[C@]1(C)CSC(c2csc(CNC(=O)OC(C)(C)C)n2)=N1. The van der Waals surface area contributed by atoms with E-state index in [1.807, 2.05) is 18.4 Å². The summed E-state index contributed by atoms with van der Waals surface area (Å²) >= 11 is 2.83. The predicted molar refractivity (Wildman–Crippen MR) is 157 cm³/mol. The average Bonchev–Trinajstić information content (AvgIpc) is 3.61. The van der Waals surface area contributed by atoms with Crippen LogP contribution in [0.2, 0.25) is 0 Å². The summed E-state index contributed by atoms with van der Waals surface area (Å²) in [6.07, 6.45) is 5.62. The van der Waals surface area contributed by atoms with E-state index in [4.69, 9.17) is 14.5 Å². The highest BCUT2D eigenvalue weighted by Gasteiger charge is 2.46. The number of alkyl carbamates (subject to hydrolysis) is 1. The molecule has 1 unspecified atom stereocenters. The molecule has 3 rings (SSSR count). The molecule has 40 heavy (non-hydrogen) atoms. The molecule has 0 saturated carbocycles.